The topological polar surface area (TPSA) is 83.3 Å². The van der Waals surface area contributed by atoms with E-state index in [0.29, 0.717) is 30.2 Å². The zero-order valence-corrected chi connectivity index (χ0v) is 25.8. The van der Waals surface area contributed by atoms with Crippen molar-refractivity contribution in [3.63, 3.8) is 0 Å². The molecule has 6 nitrogen and oxygen atoms in total. The van der Waals surface area contributed by atoms with Gasteiger partial charge in [0.05, 0.1) is 11.9 Å². The van der Waals surface area contributed by atoms with E-state index in [1.165, 1.54) is 12.8 Å². The van der Waals surface area contributed by atoms with Crippen molar-refractivity contribution in [1.82, 2.24) is 15.1 Å². The van der Waals surface area contributed by atoms with E-state index in [-0.39, 0.29) is 23.9 Å². The van der Waals surface area contributed by atoms with Gasteiger partial charge >= 0.3 is 0 Å². The van der Waals surface area contributed by atoms with E-state index in [4.69, 9.17) is 17.2 Å². The minimum atomic E-state index is -0.00206. The standard InChI is InChI=1S/C34H55N5O/c1-7-8-9-10-11-12-13-17-20-33(40)37-32(30-18-15-14-16-19-30)23-24-38-27(4)21-22-31(38)25-28(5)39(29(6)35)34(36)26(2)3/h1,14-16,18-19,26-28,31-32,35-36H,8-13,17,20-25H2,2-6H3,(H,37,40). The molecule has 6 heteroatoms. The highest BCUT2D eigenvalue weighted by atomic mass is 16.1. The molecule has 4 unspecified atom stereocenters. The summed E-state index contributed by atoms with van der Waals surface area (Å²) in [5, 5.41) is 20.2. The number of amidine groups is 2. The Bertz CT molecular complexity index is 953. The Kier molecular flexibility index (Phi) is 15.0. The lowest BCUT2D eigenvalue weighted by atomic mass is 10.0. The number of hydrogen-bond acceptors (Lipinski definition) is 4. The lowest BCUT2D eigenvalue weighted by Crippen LogP contribution is -2.47. The first-order valence-corrected chi connectivity index (χ1v) is 15.6. The molecule has 0 saturated carbocycles. The molecule has 0 bridgehead atoms. The van der Waals surface area contributed by atoms with Crippen LogP contribution in [0, 0.1) is 29.1 Å². The molecule has 1 aromatic carbocycles. The van der Waals surface area contributed by atoms with Gasteiger partial charge in [-0.2, -0.15) is 0 Å². The minimum Gasteiger partial charge on any atom is -0.349 e. The molecule has 1 heterocycles. The highest BCUT2D eigenvalue weighted by Gasteiger charge is 2.34. The number of nitrogens with one attached hydrogen (secondary N) is 3. The first-order valence-electron chi connectivity index (χ1n) is 15.6. The van der Waals surface area contributed by atoms with E-state index in [2.05, 4.69) is 54.3 Å². The van der Waals surface area contributed by atoms with Crippen molar-refractivity contribution in [2.45, 2.75) is 136 Å². The normalized spacial score (nSPS) is 18.7. The average molecular weight is 550 g/mol. The molecule has 0 radical (unpaired) electrons. The third-order valence-corrected chi connectivity index (χ3v) is 8.36. The molecule has 0 aliphatic carbocycles. The lowest BCUT2D eigenvalue weighted by molar-refractivity contribution is -0.122. The maximum atomic E-state index is 12.9. The summed E-state index contributed by atoms with van der Waals surface area (Å²) in [6, 6.07) is 11.4. The van der Waals surface area contributed by atoms with Gasteiger partial charge in [-0.15, -0.1) is 12.3 Å². The van der Waals surface area contributed by atoms with E-state index in [1.807, 2.05) is 24.8 Å². The fourth-order valence-corrected chi connectivity index (χ4v) is 6.08. The van der Waals surface area contributed by atoms with Crippen molar-refractivity contribution in [1.29, 1.82) is 10.8 Å². The molecule has 0 spiro atoms. The van der Waals surface area contributed by atoms with Crippen molar-refractivity contribution in [3.8, 4) is 12.3 Å². The smallest absolute Gasteiger partial charge is 0.220 e. The van der Waals surface area contributed by atoms with Crippen LogP contribution in [-0.4, -0.2) is 52.0 Å². The van der Waals surface area contributed by atoms with E-state index in [9.17, 15) is 4.79 Å². The van der Waals surface area contributed by atoms with Crippen LogP contribution in [0.25, 0.3) is 0 Å². The van der Waals surface area contributed by atoms with Crippen LogP contribution < -0.4 is 5.32 Å². The molecule has 1 aliphatic rings. The van der Waals surface area contributed by atoms with E-state index >= 15 is 0 Å². The van der Waals surface area contributed by atoms with Crippen molar-refractivity contribution in [3.05, 3.63) is 35.9 Å². The Labute approximate surface area is 244 Å². The lowest BCUT2D eigenvalue weighted by Gasteiger charge is -2.37. The fourth-order valence-electron chi connectivity index (χ4n) is 6.08. The summed E-state index contributed by atoms with van der Waals surface area (Å²) in [4.78, 5) is 17.4. The van der Waals surface area contributed by atoms with Gasteiger partial charge in [0.25, 0.3) is 0 Å². The second kappa shape index (κ2) is 17.9. The van der Waals surface area contributed by atoms with Gasteiger partial charge in [0.2, 0.25) is 5.91 Å². The predicted octanol–water partition coefficient (Wildman–Crippen LogP) is 7.55. The highest BCUT2D eigenvalue weighted by Crippen LogP contribution is 2.30. The number of nitrogens with zero attached hydrogens (tertiary/aromatic N) is 2. The van der Waals surface area contributed by atoms with Gasteiger partial charge in [-0.25, -0.2) is 0 Å². The van der Waals surface area contributed by atoms with Crippen LogP contribution in [0.15, 0.2) is 30.3 Å². The van der Waals surface area contributed by atoms with E-state index < -0.39 is 0 Å². The Morgan fingerprint density at radius 1 is 1.07 bits per heavy atom. The molecule has 222 valence electrons. The summed E-state index contributed by atoms with van der Waals surface area (Å²) in [6.45, 7) is 11.2. The summed E-state index contributed by atoms with van der Waals surface area (Å²) >= 11 is 0. The Balaban J connectivity index is 1.95. The van der Waals surface area contributed by atoms with Crippen LogP contribution in [0.4, 0.5) is 0 Å². The van der Waals surface area contributed by atoms with Crippen LogP contribution in [0.5, 0.6) is 0 Å². The van der Waals surface area contributed by atoms with Crippen molar-refractivity contribution in [2.75, 3.05) is 6.54 Å². The molecule has 1 saturated heterocycles. The zero-order valence-electron chi connectivity index (χ0n) is 25.8. The van der Waals surface area contributed by atoms with Gasteiger partial charge in [0.15, 0.2) is 0 Å². The number of hydrogen-bond donors (Lipinski definition) is 3. The maximum Gasteiger partial charge on any atom is 0.220 e. The number of unbranched alkanes of at least 4 members (excludes halogenated alkanes) is 6. The SMILES string of the molecule is C#CCCCCCCCCC(=O)NC(CCN1C(C)CCC1CC(C)N(C(C)=N)C(=N)C(C)C)c1ccccc1. The third-order valence-electron chi connectivity index (χ3n) is 8.36. The van der Waals surface area contributed by atoms with E-state index in [1.54, 1.807) is 6.92 Å². The number of likely N-dealkylation sites (tertiary alicyclic amines) is 1. The fraction of sp³-hybridized carbons (Fsp3) is 0.676. The maximum absolute atomic E-state index is 12.9. The zero-order chi connectivity index (χ0) is 29.5. The van der Waals surface area contributed by atoms with Gasteiger partial charge in [-0.05, 0) is 64.9 Å². The van der Waals surface area contributed by atoms with Gasteiger partial charge in [0.1, 0.15) is 5.84 Å². The molecule has 0 aromatic heterocycles. The quantitative estimate of drug-likeness (QED) is 0.0812. The number of benzene rings is 1. The Morgan fingerprint density at radius 2 is 1.73 bits per heavy atom. The van der Waals surface area contributed by atoms with Crippen LogP contribution in [0.3, 0.4) is 0 Å². The van der Waals surface area contributed by atoms with Crippen LogP contribution in [0.2, 0.25) is 0 Å². The van der Waals surface area contributed by atoms with Crippen LogP contribution >= 0.6 is 0 Å². The molecule has 3 N–H and O–H groups in total. The molecular formula is C34H55N5O. The molecule has 1 fully saturated rings. The van der Waals surface area contributed by atoms with Gasteiger partial charge in [0, 0.05) is 43.4 Å². The van der Waals surface area contributed by atoms with Gasteiger partial charge < -0.3 is 10.2 Å². The van der Waals surface area contributed by atoms with Crippen molar-refractivity contribution >= 4 is 17.6 Å². The molecule has 1 aromatic rings. The number of rotatable bonds is 17. The molecule has 1 amide bonds. The monoisotopic (exact) mass is 549 g/mol. The first-order chi connectivity index (χ1) is 19.1. The third kappa shape index (κ3) is 11.1. The largest absolute Gasteiger partial charge is 0.349 e. The molecule has 40 heavy (non-hydrogen) atoms. The second-order valence-corrected chi connectivity index (χ2v) is 12.0. The van der Waals surface area contributed by atoms with Crippen molar-refractivity contribution < 1.29 is 4.79 Å². The van der Waals surface area contributed by atoms with Crippen molar-refractivity contribution in [2.24, 2.45) is 5.92 Å². The summed E-state index contributed by atoms with van der Waals surface area (Å²) in [6.07, 6.45) is 17.5. The second-order valence-electron chi connectivity index (χ2n) is 12.0. The van der Waals surface area contributed by atoms with Gasteiger partial charge in [-0.1, -0.05) is 69.9 Å². The Morgan fingerprint density at radius 3 is 2.35 bits per heavy atom. The summed E-state index contributed by atoms with van der Waals surface area (Å²) < 4.78 is 0. The summed E-state index contributed by atoms with van der Waals surface area (Å²) in [5.41, 5.74) is 1.16. The number of carbonyl (C=O) groups excluding carboxylic acids is 1. The highest BCUT2D eigenvalue weighted by molar-refractivity contribution is 5.98. The summed E-state index contributed by atoms with van der Waals surface area (Å²) in [7, 11) is 0. The van der Waals surface area contributed by atoms with Crippen LogP contribution in [-0.2, 0) is 4.79 Å². The average Bonchev–Trinajstić information content (AvgIpc) is 3.26. The van der Waals surface area contributed by atoms with Crippen LogP contribution in [0.1, 0.15) is 123 Å². The minimum absolute atomic E-state index is 0.00206. The molecule has 4 atom stereocenters. The predicted molar refractivity (Wildman–Crippen MR) is 169 cm³/mol. The molecule has 2 rings (SSSR count). The Hall–Kier alpha value is -2.65. The number of terminal acetylenes is 1. The summed E-state index contributed by atoms with van der Waals surface area (Å²) in [5.74, 6) is 3.90. The van der Waals surface area contributed by atoms with Gasteiger partial charge in [-0.3, -0.25) is 20.5 Å². The number of carbonyl (C=O) groups is 1. The van der Waals surface area contributed by atoms with E-state index in [0.717, 1.165) is 69.9 Å². The number of amides is 1. The molecule has 1 aliphatic heterocycles. The molecular weight excluding hydrogens is 494 g/mol. The first kappa shape index (κ1) is 33.6.